The fraction of sp³-hybridized carbons (Fsp3) is 1.00. The van der Waals surface area contributed by atoms with E-state index in [1.54, 1.807) is 13.8 Å². The topological polar surface area (TPSA) is 26.3 Å². The van der Waals surface area contributed by atoms with Crippen molar-refractivity contribution < 1.29 is 29.8 Å². The summed E-state index contributed by atoms with van der Waals surface area (Å²) in [5.41, 5.74) is 0. The molecule has 1 unspecified atom stereocenters. The Hall–Kier alpha value is 0.614. The molecule has 0 aliphatic carbocycles. The van der Waals surface area contributed by atoms with Crippen molar-refractivity contribution in [1.82, 2.24) is 0 Å². The molecule has 9 heavy (non-hydrogen) atoms. The minimum Gasteiger partial charge on any atom is -0.303 e. The van der Waals surface area contributed by atoms with E-state index in [0.717, 1.165) is 6.66 Å². The summed E-state index contributed by atoms with van der Waals surface area (Å²) < 4.78 is 26.4. The predicted molar refractivity (Wildman–Crippen MR) is 30.9 cm³/mol. The average Bonchev–Trinajstić information content (AvgIpc) is 1.21. The zero-order valence-corrected chi connectivity index (χ0v) is 7.42. The summed E-state index contributed by atoms with van der Waals surface area (Å²) in [6.45, 7) is 4.22. The molecule has 5 heteroatoms. The van der Waals surface area contributed by atoms with E-state index in [0.29, 0.717) is 0 Å². The first-order valence-corrected chi connectivity index (χ1v) is 4.33. The van der Waals surface area contributed by atoms with Crippen molar-refractivity contribution in [2.75, 3.05) is 6.66 Å². The van der Waals surface area contributed by atoms with Gasteiger partial charge in [-0.15, -0.1) is 0 Å². The Morgan fingerprint density at radius 3 is 1.89 bits per heavy atom. The van der Waals surface area contributed by atoms with Crippen molar-refractivity contribution >= 4 is 7.68 Å². The van der Waals surface area contributed by atoms with E-state index in [9.17, 15) is 8.76 Å². The summed E-state index contributed by atoms with van der Waals surface area (Å²) in [7, 11) is -3.72. The number of halogens is 1. The van der Waals surface area contributed by atoms with E-state index in [1.165, 1.54) is 0 Å². The Balaban J connectivity index is 0. The van der Waals surface area contributed by atoms with Gasteiger partial charge in [-0.1, -0.05) is 0 Å². The average molecular weight is 199 g/mol. The maximum absolute atomic E-state index is 12.0. The number of rotatable bonds is 2. The molecule has 0 N–H and O–H groups in total. The van der Waals surface area contributed by atoms with Gasteiger partial charge in [-0.05, 0) is 13.8 Å². The second-order valence-electron chi connectivity index (χ2n) is 1.90. The molecule has 0 rings (SSSR count). The standard InChI is InChI=1S/C4H10FO2P.Ni/c1-4(2)7-8(3,5)6;/h4H,1-3H3;. The van der Waals surface area contributed by atoms with E-state index in [2.05, 4.69) is 4.52 Å². The van der Waals surface area contributed by atoms with Gasteiger partial charge in [-0.25, -0.2) is 0 Å². The third-order valence-electron chi connectivity index (χ3n) is 0.399. The third kappa shape index (κ3) is 12.0. The first-order chi connectivity index (χ1) is 3.42. The van der Waals surface area contributed by atoms with Crippen molar-refractivity contribution in [3.05, 3.63) is 0 Å². The molecular formula is C4H10FNiO2P. The smallest absolute Gasteiger partial charge is 0.303 e. The van der Waals surface area contributed by atoms with Gasteiger partial charge in [0.25, 0.3) is 0 Å². The van der Waals surface area contributed by atoms with E-state index < -0.39 is 7.68 Å². The molecule has 0 saturated carbocycles. The van der Waals surface area contributed by atoms with Gasteiger partial charge in [-0.2, -0.15) is 4.20 Å². The Bertz CT molecular complexity index is 111. The molecule has 0 saturated heterocycles. The second kappa shape index (κ2) is 4.43. The van der Waals surface area contributed by atoms with Crippen LogP contribution in [0.3, 0.4) is 0 Å². The van der Waals surface area contributed by atoms with Crippen LogP contribution in [0, 0.1) is 0 Å². The molecule has 60 valence electrons. The van der Waals surface area contributed by atoms with E-state index in [4.69, 9.17) is 0 Å². The Kier molecular flexibility index (Phi) is 6.06. The van der Waals surface area contributed by atoms with Gasteiger partial charge in [0.05, 0.1) is 6.10 Å². The van der Waals surface area contributed by atoms with Crippen LogP contribution in [0.4, 0.5) is 4.20 Å². The summed E-state index contributed by atoms with van der Waals surface area (Å²) in [5, 5.41) is 0. The Morgan fingerprint density at radius 1 is 1.56 bits per heavy atom. The summed E-state index contributed by atoms with van der Waals surface area (Å²) in [5.74, 6) is 0. The molecule has 0 heterocycles. The molecule has 0 bridgehead atoms. The maximum Gasteiger partial charge on any atom is 0.364 e. The van der Waals surface area contributed by atoms with Crippen LogP contribution in [0.5, 0.6) is 0 Å². The first-order valence-electron chi connectivity index (χ1n) is 2.37. The number of hydrogen-bond donors (Lipinski definition) is 0. The van der Waals surface area contributed by atoms with Crippen LogP contribution < -0.4 is 0 Å². The zero-order chi connectivity index (χ0) is 6.78. The van der Waals surface area contributed by atoms with Gasteiger partial charge >= 0.3 is 7.68 Å². The van der Waals surface area contributed by atoms with Crippen LogP contribution in [-0.2, 0) is 25.6 Å². The molecule has 0 aliphatic heterocycles. The van der Waals surface area contributed by atoms with Crippen LogP contribution in [0.2, 0.25) is 0 Å². The fourth-order valence-electron chi connectivity index (χ4n) is 0.377. The Labute approximate surface area is 64.7 Å². The third-order valence-corrected chi connectivity index (χ3v) is 1.20. The summed E-state index contributed by atoms with van der Waals surface area (Å²) in [4.78, 5) is 0. The SMILES string of the molecule is CC(C)OP(C)(=O)F.[Ni]. The normalized spacial score (nSPS) is 16.6. The minimum absolute atomic E-state index is 0. The van der Waals surface area contributed by atoms with Crippen LogP contribution in [-0.4, -0.2) is 12.8 Å². The second-order valence-corrected chi connectivity index (χ2v) is 3.61. The molecule has 1 atom stereocenters. The van der Waals surface area contributed by atoms with Gasteiger partial charge in [-0.3, -0.25) is 4.57 Å². The number of hydrogen-bond acceptors (Lipinski definition) is 2. The van der Waals surface area contributed by atoms with E-state index >= 15 is 0 Å². The van der Waals surface area contributed by atoms with Crippen molar-refractivity contribution in [2.45, 2.75) is 20.0 Å². The molecule has 0 fully saturated rings. The summed E-state index contributed by atoms with van der Waals surface area (Å²) in [6.07, 6.45) is -0.296. The molecule has 0 aromatic rings. The van der Waals surface area contributed by atoms with Crippen molar-refractivity contribution in [1.29, 1.82) is 0 Å². The van der Waals surface area contributed by atoms with Gasteiger partial charge < -0.3 is 4.52 Å². The van der Waals surface area contributed by atoms with Gasteiger partial charge in [0.15, 0.2) is 0 Å². The van der Waals surface area contributed by atoms with Gasteiger partial charge in [0.1, 0.15) is 0 Å². The minimum atomic E-state index is -3.72. The summed E-state index contributed by atoms with van der Waals surface area (Å²) in [6, 6.07) is 0. The van der Waals surface area contributed by atoms with E-state index in [1.807, 2.05) is 0 Å². The van der Waals surface area contributed by atoms with Crippen LogP contribution >= 0.6 is 7.68 Å². The maximum atomic E-state index is 12.0. The van der Waals surface area contributed by atoms with Crippen molar-refractivity contribution in [3.8, 4) is 0 Å². The molecular weight excluding hydrogens is 189 g/mol. The molecule has 0 aromatic carbocycles. The monoisotopic (exact) mass is 198 g/mol. The summed E-state index contributed by atoms with van der Waals surface area (Å²) >= 11 is 0. The van der Waals surface area contributed by atoms with E-state index in [-0.39, 0.29) is 22.6 Å². The van der Waals surface area contributed by atoms with Crippen LogP contribution in [0.1, 0.15) is 13.8 Å². The molecule has 0 amide bonds. The molecule has 0 spiro atoms. The predicted octanol–water partition coefficient (Wildman–Crippen LogP) is 2.20. The van der Waals surface area contributed by atoms with Gasteiger partial charge in [0.2, 0.25) is 0 Å². The molecule has 0 radical (unpaired) electrons. The van der Waals surface area contributed by atoms with Gasteiger partial charge in [0, 0.05) is 23.2 Å². The van der Waals surface area contributed by atoms with Crippen molar-refractivity contribution in [2.24, 2.45) is 0 Å². The molecule has 2 nitrogen and oxygen atoms in total. The Morgan fingerprint density at radius 2 is 1.89 bits per heavy atom. The first kappa shape index (κ1) is 12.3. The molecule has 0 aromatic heterocycles. The van der Waals surface area contributed by atoms with Crippen molar-refractivity contribution in [3.63, 3.8) is 0 Å². The fourth-order valence-corrected chi connectivity index (χ4v) is 1.13. The van der Waals surface area contributed by atoms with Crippen LogP contribution in [0.15, 0.2) is 0 Å². The molecule has 0 aliphatic rings. The quantitative estimate of drug-likeness (QED) is 0.503. The zero-order valence-electron chi connectivity index (χ0n) is 5.54. The largest absolute Gasteiger partial charge is 0.364 e. The van der Waals surface area contributed by atoms with Crippen LogP contribution in [0.25, 0.3) is 0 Å².